The van der Waals surface area contributed by atoms with E-state index in [0.29, 0.717) is 45.5 Å². The van der Waals surface area contributed by atoms with Gasteiger partial charge in [-0.2, -0.15) is 0 Å². The summed E-state index contributed by atoms with van der Waals surface area (Å²) in [6.45, 7) is 22.4. The van der Waals surface area contributed by atoms with Crippen LogP contribution in [0.4, 0.5) is 0 Å². The van der Waals surface area contributed by atoms with Gasteiger partial charge in [0.15, 0.2) is 11.6 Å². The lowest BCUT2D eigenvalue weighted by atomic mass is 9.75. The Morgan fingerprint density at radius 2 is 1.69 bits per heavy atom. The van der Waals surface area contributed by atoms with Crippen LogP contribution in [0.3, 0.4) is 0 Å². The quantitative estimate of drug-likeness (QED) is 0.164. The predicted molar refractivity (Wildman–Crippen MR) is 202 cm³/mol. The molecule has 4 rings (SSSR count). The number of Topliss-reactive ketones (excluding diaryl/α,β-unsaturated/α-hetero) is 4. The number of carbonyl (C=O) groups is 6. The van der Waals surface area contributed by atoms with Crippen LogP contribution in [-0.2, 0) is 33.5 Å². The summed E-state index contributed by atoms with van der Waals surface area (Å²) in [4.78, 5) is 86.1. The lowest BCUT2D eigenvalue weighted by Crippen LogP contribution is -2.51. The first kappa shape index (κ1) is 42.1. The zero-order valence-corrected chi connectivity index (χ0v) is 33.6. The molecule has 4 aliphatic rings. The summed E-state index contributed by atoms with van der Waals surface area (Å²) < 4.78 is 6.29. The monoisotopic (exact) mass is 725 g/mol. The van der Waals surface area contributed by atoms with E-state index in [1.165, 1.54) is 0 Å². The molecule has 3 saturated heterocycles. The molecule has 0 bridgehead atoms. The van der Waals surface area contributed by atoms with E-state index in [2.05, 4.69) is 55.0 Å². The van der Waals surface area contributed by atoms with Crippen molar-refractivity contribution in [1.29, 1.82) is 0 Å². The van der Waals surface area contributed by atoms with Gasteiger partial charge in [-0.1, -0.05) is 80.2 Å². The van der Waals surface area contributed by atoms with E-state index in [0.717, 1.165) is 38.5 Å². The fraction of sp³-hybridized carbons (Fsp3) is 0.814. The number of piperidine rings is 2. The van der Waals surface area contributed by atoms with Crippen LogP contribution in [0.25, 0.3) is 0 Å². The SMILES string of the molecule is C=CCCC(=O)C(=O)[C@@H]1CCCCCCCO[C@@H](C)[C@H](CC(=O)C[C@H](CN2CCC(C)(C)CC2=O)C(C)(C)C)C(=O)N2C[C@H]3[C@@H]([C@H]2C(=O)C1)C3(C)C. The van der Waals surface area contributed by atoms with E-state index in [1.807, 2.05) is 11.8 Å². The number of hydrogen-bond acceptors (Lipinski definition) is 7. The molecule has 0 N–H and O–H groups in total. The molecule has 1 aliphatic carbocycles. The maximum Gasteiger partial charge on any atom is 0.229 e. The highest BCUT2D eigenvalue weighted by Gasteiger charge is 2.69. The Hall–Kier alpha value is -2.68. The van der Waals surface area contributed by atoms with E-state index >= 15 is 0 Å². The molecule has 0 radical (unpaired) electrons. The van der Waals surface area contributed by atoms with Crippen LogP contribution >= 0.6 is 0 Å². The van der Waals surface area contributed by atoms with E-state index in [1.54, 1.807) is 11.0 Å². The molecule has 4 fully saturated rings. The van der Waals surface area contributed by atoms with Crippen molar-refractivity contribution in [2.75, 3.05) is 26.2 Å². The Morgan fingerprint density at radius 3 is 2.35 bits per heavy atom. The standard InChI is InChI=1S/C43H68N2O7/c1-10-11-18-34(47)39(50)29-17-15-13-12-14-16-21-52-28(2)32(40(51)45-27-33-37(43(33,8)9)38(45)35(48)22-29)24-31(46)23-30(41(3,4)5)26-44-20-19-42(6,7)25-36(44)49/h10,28-30,32-33,37-38H,1,11-27H2,2-9H3/t28-,29+,30+,32-,33-,37-,38+/m0/s1. The summed E-state index contributed by atoms with van der Waals surface area (Å²) >= 11 is 0. The first-order valence-electron chi connectivity index (χ1n) is 20.2. The van der Waals surface area contributed by atoms with Crippen LogP contribution in [-0.4, -0.2) is 83.1 Å². The third-order valence-electron chi connectivity index (χ3n) is 13.1. The van der Waals surface area contributed by atoms with Crippen LogP contribution < -0.4 is 0 Å². The maximum atomic E-state index is 14.7. The van der Waals surface area contributed by atoms with Gasteiger partial charge < -0.3 is 14.5 Å². The van der Waals surface area contributed by atoms with Crippen molar-refractivity contribution < 1.29 is 33.5 Å². The Kier molecular flexibility index (Phi) is 13.9. The van der Waals surface area contributed by atoms with Gasteiger partial charge in [-0.25, -0.2) is 0 Å². The van der Waals surface area contributed by atoms with Gasteiger partial charge in [0.25, 0.3) is 0 Å². The number of fused-ring (bicyclic) bond motifs is 3. The van der Waals surface area contributed by atoms with Crippen LogP contribution in [0, 0.1) is 45.8 Å². The van der Waals surface area contributed by atoms with Crippen LogP contribution in [0.5, 0.6) is 0 Å². The number of nitrogens with zero attached hydrogens (tertiary/aromatic N) is 2. The van der Waals surface area contributed by atoms with Crippen molar-refractivity contribution in [3.63, 3.8) is 0 Å². The molecule has 9 nitrogen and oxygen atoms in total. The van der Waals surface area contributed by atoms with Crippen molar-refractivity contribution in [2.45, 2.75) is 151 Å². The fourth-order valence-corrected chi connectivity index (χ4v) is 9.11. The van der Waals surface area contributed by atoms with E-state index in [-0.39, 0.29) is 83.1 Å². The normalized spacial score (nSPS) is 30.7. The first-order chi connectivity index (χ1) is 24.3. The van der Waals surface area contributed by atoms with Gasteiger partial charge in [0.05, 0.1) is 18.1 Å². The molecule has 3 aliphatic heterocycles. The molecule has 9 heteroatoms. The molecule has 1 saturated carbocycles. The summed E-state index contributed by atoms with van der Waals surface area (Å²) in [5, 5.41) is 0. The molecular formula is C43H68N2O7. The topological polar surface area (TPSA) is 118 Å². The average molecular weight is 725 g/mol. The van der Waals surface area contributed by atoms with Gasteiger partial charge >= 0.3 is 0 Å². The van der Waals surface area contributed by atoms with Crippen molar-refractivity contribution in [3.05, 3.63) is 12.7 Å². The molecule has 2 amide bonds. The maximum absolute atomic E-state index is 14.7. The average Bonchev–Trinajstić information content (AvgIpc) is 3.36. The minimum Gasteiger partial charge on any atom is -0.378 e. The highest BCUT2D eigenvalue weighted by atomic mass is 16.5. The van der Waals surface area contributed by atoms with Crippen LogP contribution in [0.15, 0.2) is 12.7 Å². The number of carbonyl (C=O) groups excluding carboxylic acids is 6. The first-order valence-corrected chi connectivity index (χ1v) is 20.2. The van der Waals surface area contributed by atoms with E-state index in [4.69, 9.17) is 4.74 Å². The third-order valence-corrected chi connectivity index (χ3v) is 13.1. The molecule has 52 heavy (non-hydrogen) atoms. The van der Waals surface area contributed by atoms with E-state index in [9.17, 15) is 28.8 Å². The second-order valence-electron chi connectivity index (χ2n) is 19.1. The summed E-state index contributed by atoms with van der Waals surface area (Å²) in [6.07, 6.45) is 8.03. The van der Waals surface area contributed by atoms with Gasteiger partial charge in [-0.15, -0.1) is 6.58 Å². The zero-order valence-electron chi connectivity index (χ0n) is 33.6. The summed E-state index contributed by atoms with van der Waals surface area (Å²) in [5.41, 5.74) is -0.382. The van der Waals surface area contributed by atoms with E-state index < -0.39 is 35.5 Å². The Bertz CT molecular complexity index is 1360. The molecule has 7 atom stereocenters. The summed E-state index contributed by atoms with van der Waals surface area (Å²) in [6, 6.07) is -0.694. The second kappa shape index (κ2) is 17.2. The number of allylic oxidation sites excluding steroid dienone is 1. The zero-order chi connectivity index (χ0) is 38.6. The lowest BCUT2D eigenvalue weighted by Gasteiger charge is -2.41. The molecule has 0 spiro atoms. The number of ether oxygens (including phenoxy) is 1. The predicted octanol–water partition coefficient (Wildman–Crippen LogP) is 7.18. The molecule has 3 heterocycles. The van der Waals surface area contributed by atoms with Crippen LogP contribution in [0.2, 0.25) is 0 Å². The molecule has 0 aromatic carbocycles. The minimum absolute atomic E-state index is 0.00259. The van der Waals surface area contributed by atoms with Gasteiger partial charge in [0.2, 0.25) is 17.6 Å². The van der Waals surface area contributed by atoms with Gasteiger partial charge in [-0.3, -0.25) is 28.8 Å². The third kappa shape index (κ3) is 10.3. The number of hydrogen-bond donors (Lipinski definition) is 0. The molecular weight excluding hydrogens is 656 g/mol. The van der Waals surface area contributed by atoms with Crippen molar-refractivity contribution in [2.24, 2.45) is 45.8 Å². The molecule has 0 unspecified atom stereocenters. The molecule has 292 valence electrons. The molecule has 0 aromatic rings. The van der Waals surface area contributed by atoms with Crippen molar-refractivity contribution in [3.8, 4) is 0 Å². The highest BCUT2D eigenvalue weighted by Crippen LogP contribution is 2.65. The Morgan fingerprint density at radius 1 is 1.02 bits per heavy atom. The van der Waals surface area contributed by atoms with Crippen LogP contribution in [0.1, 0.15) is 139 Å². The summed E-state index contributed by atoms with van der Waals surface area (Å²) in [7, 11) is 0. The highest BCUT2D eigenvalue weighted by molar-refractivity contribution is 6.38. The molecule has 0 aromatic heterocycles. The number of rotatable bonds is 11. The number of ketones is 4. The summed E-state index contributed by atoms with van der Waals surface area (Å²) in [5.74, 6) is -2.64. The Labute approximate surface area is 313 Å². The number of amides is 2. The van der Waals surface area contributed by atoms with Gasteiger partial charge in [0.1, 0.15) is 5.78 Å². The Balaban J connectivity index is 1.57. The van der Waals surface area contributed by atoms with Crippen molar-refractivity contribution in [1.82, 2.24) is 9.80 Å². The number of likely N-dealkylation sites (tertiary alicyclic amines) is 1. The fourth-order valence-electron chi connectivity index (χ4n) is 9.11. The van der Waals surface area contributed by atoms with Gasteiger partial charge in [-0.05, 0) is 66.6 Å². The smallest absolute Gasteiger partial charge is 0.229 e. The minimum atomic E-state index is -0.757. The second-order valence-corrected chi connectivity index (χ2v) is 19.1. The van der Waals surface area contributed by atoms with Crippen molar-refractivity contribution >= 4 is 34.9 Å². The largest absolute Gasteiger partial charge is 0.378 e. The lowest BCUT2D eigenvalue weighted by molar-refractivity contribution is -0.149. The van der Waals surface area contributed by atoms with Gasteiger partial charge in [0, 0.05) is 64.3 Å².